The van der Waals surface area contributed by atoms with Crippen LogP contribution in [0.25, 0.3) is 0 Å². The molecule has 1 atom stereocenters. The lowest BCUT2D eigenvalue weighted by atomic mass is 10.2. The van der Waals surface area contributed by atoms with Crippen LogP contribution in [0.15, 0.2) is 0 Å². The van der Waals surface area contributed by atoms with Crippen molar-refractivity contribution in [3.8, 4) is 0 Å². The maximum Gasteiger partial charge on any atom is 0.0571 e. The van der Waals surface area contributed by atoms with Crippen LogP contribution in [-0.2, 0) is 0 Å². The zero-order chi connectivity index (χ0) is 10.2. The van der Waals surface area contributed by atoms with E-state index in [2.05, 4.69) is 24.5 Å². The second-order valence-corrected chi connectivity index (χ2v) is 4.42. The van der Waals surface area contributed by atoms with Crippen LogP contribution < -0.4 is 10.6 Å². The Kier molecular flexibility index (Phi) is 6.20. The number of hydrogen-bond acceptors (Lipinski definition) is 2. The van der Waals surface area contributed by atoms with Crippen LogP contribution >= 0.6 is 0 Å². The second-order valence-electron chi connectivity index (χ2n) is 4.42. The number of nitrogens with one attached hydrogen (secondary N) is 2. The fourth-order valence-electron chi connectivity index (χ4n) is 2.15. The molecule has 0 aliphatic heterocycles. The molecule has 14 heavy (non-hydrogen) atoms. The molecule has 84 valence electrons. The summed E-state index contributed by atoms with van der Waals surface area (Å²) >= 11 is 0. The number of hydrogen-bond donors (Lipinski definition) is 2. The number of rotatable bonds is 7. The lowest BCUT2D eigenvalue weighted by Gasteiger charge is -2.22. The Morgan fingerprint density at radius 3 is 2.50 bits per heavy atom. The van der Waals surface area contributed by atoms with Gasteiger partial charge in [-0.3, -0.25) is 5.32 Å². The molecule has 1 saturated carbocycles. The van der Waals surface area contributed by atoms with Crippen LogP contribution in [0.1, 0.15) is 58.8 Å². The summed E-state index contributed by atoms with van der Waals surface area (Å²) in [6.45, 7) is 5.66. The van der Waals surface area contributed by atoms with E-state index in [1.54, 1.807) is 0 Å². The van der Waals surface area contributed by atoms with Crippen molar-refractivity contribution in [2.24, 2.45) is 0 Å². The fraction of sp³-hybridized carbons (Fsp3) is 1.00. The second kappa shape index (κ2) is 7.24. The van der Waals surface area contributed by atoms with E-state index in [4.69, 9.17) is 0 Å². The zero-order valence-corrected chi connectivity index (χ0v) is 9.81. The van der Waals surface area contributed by atoms with E-state index >= 15 is 0 Å². The molecule has 1 rings (SSSR count). The van der Waals surface area contributed by atoms with Crippen LogP contribution in [0.3, 0.4) is 0 Å². The quantitative estimate of drug-likeness (QED) is 0.485. The van der Waals surface area contributed by atoms with E-state index in [1.807, 2.05) is 0 Å². The summed E-state index contributed by atoms with van der Waals surface area (Å²) < 4.78 is 0. The Morgan fingerprint density at radius 2 is 1.93 bits per heavy atom. The van der Waals surface area contributed by atoms with Crippen molar-refractivity contribution >= 4 is 0 Å². The van der Waals surface area contributed by atoms with Crippen molar-refractivity contribution in [1.82, 2.24) is 10.6 Å². The molecular formula is C12H26N2. The van der Waals surface area contributed by atoms with Crippen LogP contribution in [-0.4, -0.2) is 18.8 Å². The first-order chi connectivity index (χ1) is 6.86. The molecule has 2 N–H and O–H groups in total. The van der Waals surface area contributed by atoms with Gasteiger partial charge in [-0.1, -0.05) is 33.1 Å². The monoisotopic (exact) mass is 198 g/mol. The van der Waals surface area contributed by atoms with Gasteiger partial charge in [-0.25, -0.2) is 0 Å². The summed E-state index contributed by atoms with van der Waals surface area (Å²) in [7, 11) is 0. The Balaban J connectivity index is 2.10. The highest BCUT2D eigenvalue weighted by Crippen LogP contribution is 2.18. The zero-order valence-electron chi connectivity index (χ0n) is 9.81. The average molecular weight is 198 g/mol. The summed E-state index contributed by atoms with van der Waals surface area (Å²) in [6.07, 6.45) is 9.92. The number of unbranched alkanes of at least 4 members (excludes halogenated alkanes) is 1. The Bertz CT molecular complexity index is 130. The van der Waals surface area contributed by atoms with Crippen molar-refractivity contribution in [3.63, 3.8) is 0 Å². The highest BCUT2D eigenvalue weighted by molar-refractivity contribution is 4.77. The highest BCUT2D eigenvalue weighted by Gasteiger charge is 2.17. The summed E-state index contributed by atoms with van der Waals surface area (Å²) in [4.78, 5) is 0. The predicted molar refractivity (Wildman–Crippen MR) is 62.4 cm³/mol. The maximum absolute atomic E-state index is 3.71. The minimum absolute atomic E-state index is 0.546. The van der Waals surface area contributed by atoms with Gasteiger partial charge in [0.25, 0.3) is 0 Å². The topological polar surface area (TPSA) is 24.1 Å². The molecule has 0 spiro atoms. The summed E-state index contributed by atoms with van der Waals surface area (Å²) in [6, 6.07) is 0.786. The molecule has 0 aromatic heterocycles. The van der Waals surface area contributed by atoms with E-state index in [1.165, 1.54) is 44.9 Å². The van der Waals surface area contributed by atoms with E-state index in [0.717, 1.165) is 12.6 Å². The third-order valence-electron chi connectivity index (χ3n) is 3.12. The minimum Gasteiger partial charge on any atom is -0.302 e. The van der Waals surface area contributed by atoms with Gasteiger partial charge in [0.05, 0.1) is 6.17 Å². The van der Waals surface area contributed by atoms with Gasteiger partial charge in [0.1, 0.15) is 0 Å². The predicted octanol–water partition coefficient (Wildman–Crippen LogP) is 2.64. The van der Waals surface area contributed by atoms with Gasteiger partial charge in [-0.2, -0.15) is 0 Å². The summed E-state index contributed by atoms with van der Waals surface area (Å²) in [5, 5.41) is 7.30. The first-order valence-corrected chi connectivity index (χ1v) is 6.36. The lowest BCUT2D eigenvalue weighted by Crippen LogP contribution is -2.46. The molecule has 0 aromatic carbocycles. The van der Waals surface area contributed by atoms with Crippen molar-refractivity contribution in [2.75, 3.05) is 6.54 Å². The third-order valence-corrected chi connectivity index (χ3v) is 3.12. The Morgan fingerprint density at radius 1 is 1.21 bits per heavy atom. The van der Waals surface area contributed by atoms with Gasteiger partial charge in [-0.15, -0.1) is 0 Å². The molecular weight excluding hydrogens is 172 g/mol. The molecule has 0 saturated heterocycles. The first kappa shape index (κ1) is 12.0. The van der Waals surface area contributed by atoms with Crippen molar-refractivity contribution in [1.29, 1.82) is 0 Å². The van der Waals surface area contributed by atoms with Crippen LogP contribution in [0.4, 0.5) is 0 Å². The van der Waals surface area contributed by atoms with Gasteiger partial charge < -0.3 is 5.32 Å². The Hall–Kier alpha value is -0.0800. The van der Waals surface area contributed by atoms with E-state index in [9.17, 15) is 0 Å². The lowest BCUT2D eigenvalue weighted by molar-refractivity contribution is 0.360. The van der Waals surface area contributed by atoms with Crippen molar-refractivity contribution in [3.05, 3.63) is 0 Å². The van der Waals surface area contributed by atoms with Gasteiger partial charge in [-0.05, 0) is 32.2 Å². The smallest absolute Gasteiger partial charge is 0.0571 e. The van der Waals surface area contributed by atoms with Crippen LogP contribution in [0.5, 0.6) is 0 Å². The van der Waals surface area contributed by atoms with Crippen LogP contribution in [0.2, 0.25) is 0 Å². The van der Waals surface area contributed by atoms with Gasteiger partial charge >= 0.3 is 0 Å². The maximum atomic E-state index is 3.71. The normalized spacial score (nSPS) is 20.1. The largest absolute Gasteiger partial charge is 0.302 e. The molecule has 2 nitrogen and oxygen atoms in total. The summed E-state index contributed by atoms with van der Waals surface area (Å²) in [5.41, 5.74) is 0. The molecule has 1 unspecified atom stereocenters. The molecule has 0 heterocycles. The third kappa shape index (κ3) is 4.43. The van der Waals surface area contributed by atoms with Crippen molar-refractivity contribution < 1.29 is 0 Å². The Labute approximate surface area is 88.8 Å². The molecule has 1 aliphatic rings. The van der Waals surface area contributed by atoms with Gasteiger partial charge in [0.2, 0.25) is 0 Å². The van der Waals surface area contributed by atoms with E-state index < -0.39 is 0 Å². The van der Waals surface area contributed by atoms with E-state index in [-0.39, 0.29) is 0 Å². The highest BCUT2D eigenvalue weighted by atomic mass is 15.1. The SMILES string of the molecule is CCCCNC(CC)NC1CCCC1. The molecule has 0 radical (unpaired) electrons. The minimum atomic E-state index is 0.546. The van der Waals surface area contributed by atoms with Gasteiger partial charge in [0, 0.05) is 6.04 Å². The molecule has 1 aliphatic carbocycles. The standard InChI is InChI=1S/C12H26N2/c1-3-5-10-13-12(4-2)14-11-8-6-7-9-11/h11-14H,3-10H2,1-2H3. The molecule has 2 heteroatoms. The van der Waals surface area contributed by atoms with E-state index in [0.29, 0.717) is 6.17 Å². The molecule has 0 amide bonds. The van der Waals surface area contributed by atoms with Crippen LogP contribution in [0, 0.1) is 0 Å². The summed E-state index contributed by atoms with van der Waals surface area (Å²) in [5.74, 6) is 0. The fourth-order valence-corrected chi connectivity index (χ4v) is 2.15. The first-order valence-electron chi connectivity index (χ1n) is 6.36. The van der Waals surface area contributed by atoms with Crippen molar-refractivity contribution in [2.45, 2.75) is 71.0 Å². The molecule has 0 bridgehead atoms. The van der Waals surface area contributed by atoms with Gasteiger partial charge in [0.15, 0.2) is 0 Å². The average Bonchev–Trinajstić information content (AvgIpc) is 2.69. The molecule has 0 aromatic rings. The molecule has 1 fully saturated rings.